The third-order valence-corrected chi connectivity index (χ3v) is 4.54. The minimum absolute atomic E-state index is 0. The molecule has 142 valence electrons. The molecule has 0 aliphatic carbocycles. The number of nitrogens with zero attached hydrogens (tertiary/aromatic N) is 2. The number of rotatable bonds is 2. The first-order valence-electron chi connectivity index (χ1n) is 9.02. The van der Waals surface area contributed by atoms with Gasteiger partial charge < -0.3 is 25.8 Å². The second-order valence-electron chi connectivity index (χ2n) is 6.34. The van der Waals surface area contributed by atoms with Crippen molar-refractivity contribution in [3.05, 3.63) is 66.7 Å². The first kappa shape index (κ1) is 18.6. The van der Waals surface area contributed by atoms with Crippen LogP contribution >= 0.6 is 0 Å². The number of nitrogens with one attached hydrogen (secondary N) is 4. The van der Waals surface area contributed by atoms with E-state index in [4.69, 9.17) is 0 Å². The zero-order valence-electron chi connectivity index (χ0n) is 14.7. The Morgan fingerprint density at radius 1 is 0.815 bits per heavy atom. The number of fused-ring (bicyclic) bond motifs is 2. The van der Waals surface area contributed by atoms with E-state index in [0.717, 1.165) is 38.4 Å². The van der Waals surface area contributed by atoms with E-state index >= 15 is 0 Å². The Kier molecular flexibility index (Phi) is 6.20. The molecule has 3 heterocycles. The molecule has 0 saturated heterocycles. The van der Waals surface area contributed by atoms with Crippen LogP contribution < -0.4 is 20.9 Å². The molecule has 0 unspecified atom stereocenters. The average Bonchev–Trinajstić information content (AvgIpc) is 3.22. The van der Waals surface area contributed by atoms with Gasteiger partial charge in [-0.1, -0.05) is 31.7 Å². The van der Waals surface area contributed by atoms with Crippen LogP contribution in [0.15, 0.2) is 61.1 Å². The topological polar surface area (TPSA) is 68.0 Å². The van der Waals surface area contributed by atoms with Gasteiger partial charge in [0, 0.05) is 32.4 Å². The van der Waals surface area contributed by atoms with Crippen molar-refractivity contribution in [2.24, 2.45) is 0 Å². The maximum absolute atomic E-state index is 4.05. The summed E-state index contributed by atoms with van der Waals surface area (Å²) >= 11 is 0. The Balaban J connectivity index is 0.000000166. The predicted molar refractivity (Wildman–Crippen MR) is 115 cm³/mol. The molecule has 0 spiro atoms. The highest BCUT2D eigenvalue weighted by Gasteiger charge is 2.15. The largest absolute Gasteiger partial charge is 0.382 e. The van der Waals surface area contributed by atoms with Crippen molar-refractivity contribution >= 4 is 22.7 Å². The van der Waals surface area contributed by atoms with Crippen molar-refractivity contribution in [2.45, 2.75) is 14.0 Å². The summed E-state index contributed by atoms with van der Waals surface area (Å²) in [6.45, 7) is 4.95. The van der Waals surface area contributed by atoms with Crippen LogP contribution in [-0.4, -0.2) is 36.1 Å². The number of hydrogen-bond acceptors (Lipinski definition) is 5. The van der Waals surface area contributed by atoms with Gasteiger partial charge in [-0.05, 0) is 24.3 Å². The first-order valence-corrected chi connectivity index (χ1v) is 9.02. The van der Waals surface area contributed by atoms with E-state index in [1.54, 1.807) is 6.33 Å². The van der Waals surface area contributed by atoms with Crippen LogP contribution in [0.4, 0.5) is 22.7 Å². The summed E-state index contributed by atoms with van der Waals surface area (Å²) in [5, 5.41) is 10.0. The minimum atomic E-state index is 0. The molecular formula is C21H28N6. The Hall–Kier alpha value is -3.15. The van der Waals surface area contributed by atoms with Gasteiger partial charge in [0.2, 0.25) is 0 Å². The monoisotopic (exact) mass is 364 g/mol. The molecule has 6 nitrogen and oxygen atoms in total. The maximum Gasteiger partial charge on any atom is 0.0922 e. The van der Waals surface area contributed by atoms with Gasteiger partial charge in [-0.3, -0.25) is 0 Å². The van der Waals surface area contributed by atoms with Crippen LogP contribution in [0, 0.1) is 0 Å². The van der Waals surface area contributed by atoms with Gasteiger partial charge in [0.1, 0.15) is 0 Å². The number of imidazole rings is 1. The van der Waals surface area contributed by atoms with Gasteiger partial charge in [0.15, 0.2) is 0 Å². The first-order chi connectivity index (χ1) is 12.9. The lowest BCUT2D eigenvalue weighted by atomic mass is 10.2. The highest BCUT2D eigenvalue weighted by Crippen LogP contribution is 2.29. The molecule has 4 N–H and O–H groups in total. The van der Waals surface area contributed by atoms with Gasteiger partial charge in [0.25, 0.3) is 0 Å². The summed E-state index contributed by atoms with van der Waals surface area (Å²) in [5.74, 6) is 0. The molecular weight excluding hydrogens is 336 g/mol. The van der Waals surface area contributed by atoms with Crippen molar-refractivity contribution in [2.75, 3.05) is 47.0 Å². The van der Waals surface area contributed by atoms with Crippen molar-refractivity contribution < 1.29 is 0 Å². The standard InChI is InChI=1S/C12H14N4.C8H10N2.CH4/c1-2-4-12-11(3-1)14-5-6-16(12)8-10-7-13-9-15-10;1-2-4-8-7(3-1)9-5-6-10-8;/h1-4,7,9,14H,5-6,8H2,(H,13,15);1-4,9-10H,5-6H2;1H4. The van der Waals surface area contributed by atoms with E-state index in [-0.39, 0.29) is 7.43 Å². The van der Waals surface area contributed by atoms with E-state index < -0.39 is 0 Å². The highest BCUT2D eigenvalue weighted by atomic mass is 15.2. The lowest BCUT2D eigenvalue weighted by Gasteiger charge is -2.31. The van der Waals surface area contributed by atoms with Gasteiger partial charge in [-0.2, -0.15) is 0 Å². The molecule has 0 bridgehead atoms. The summed E-state index contributed by atoms with van der Waals surface area (Å²) in [6.07, 6.45) is 3.61. The highest BCUT2D eigenvalue weighted by molar-refractivity contribution is 5.72. The van der Waals surface area contributed by atoms with Crippen LogP contribution in [0.1, 0.15) is 13.1 Å². The molecule has 1 aromatic heterocycles. The molecule has 2 aliphatic rings. The van der Waals surface area contributed by atoms with Crippen molar-refractivity contribution in [1.82, 2.24) is 9.97 Å². The molecule has 6 heteroatoms. The molecule has 2 aromatic carbocycles. The zero-order valence-corrected chi connectivity index (χ0v) is 14.7. The fourth-order valence-electron chi connectivity index (χ4n) is 3.27. The summed E-state index contributed by atoms with van der Waals surface area (Å²) < 4.78 is 0. The van der Waals surface area contributed by atoms with Gasteiger partial charge in [0.05, 0.1) is 41.3 Å². The number of aromatic nitrogens is 2. The van der Waals surface area contributed by atoms with Crippen LogP contribution in [0.5, 0.6) is 0 Å². The molecule has 27 heavy (non-hydrogen) atoms. The van der Waals surface area contributed by atoms with E-state index in [2.05, 4.69) is 67.2 Å². The number of para-hydroxylation sites is 4. The number of H-pyrrole nitrogens is 1. The smallest absolute Gasteiger partial charge is 0.0922 e. The number of anilines is 4. The summed E-state index contributed by atoms with van der Waals surface area (Å²) in [7, 11) is 0. The second kappa shape index (κ2) is 8.98. The van der Waals surface area contributed by atoms with Crippen molar-refractivity contribution in [3.8, 4) is 0 Å². The quantitative estimate of drug-likeness (QED) is 0.553. The van der Waals surface area contributed by atoms with E-state index in [1.807, 2.05) is 18.3 Å². The normalized spacial score (nSPS) is 14.0. The maximum atomic E-state index is 4.05. The van der Waals surface area contributed by atoms with Gasteiger partial charge >= 0.3 is 0 Å². The minimum Gasteiger partial charge on any atom is -0.382 e. The number of aromatic amines is 1. The van der Waals surface area contributed by atoms with E-state index in [1.165, 1.54) is 22.7 Å². The second-order valence-corrected chi connectivity index (χ2v) is 6.34. The van der Waals surface area contributed by atoms with Crippen molar-refractivity contribution in [3.63, 3.8) is 0 Å². The summed E-state index contributed by atoms with van der Waals surface area (Å²) in [6, 6.07) is 16.7. The number of benzene rings is 2. The molecule has 3 aromatic rings. The van der Waals surface area contributed by atoms with Crippen LogP contribution in [0.2, 0.25) is 0 Å². The van der Waals surface area contributed by atoms with E-state index in [0.29, 0.717) is 0 Å². The molecule has 5 rings (SSSR count). The average molecular weight is 364 g/mol. The lowest BCUT2D eigenvalue weighted by Crippen LogP contribution is -2.33. The summed E-state index contributed by atoms with van der Waals surface area (Å²) in [5.41, 5.74) is 6.07. The Labute approximate surface area is 161 Å². The Morgan fingerprint density at radius 2 is 1.44 bits per heavy atom. The van der Waals surface area contributed by atoms with Gasteiger partial charge in [-0.25, -0.2) is 4.98 Å². The molecule has 0 saturated carbocycles. The van der Waals surface area contributed by atoms with Crippen LogP contribution in [0.25, 0.3) is 0 Å². The molecule has 0 amide bonds. The Morgan fingerprint density at radius 3 is 2.11 bits per heavy atom. The number of hydrogen-bond donors (Lipinski definition) is 4. The molecule has 0 radical (unpaired) electrons. The zero-order chi connectivity index (χ0) is 17.6. The Bertz CT molecular complexity index is 805. The fourth-order valence-corrected chi connectivity index (χ4v) is 3.27. The van der Waals surface area contributed by atoms with Crippen molar-refractivity contribution in [1.29, 1.82) is 0 Å². The predicted octanol–water partition coefficient (Wildman–Crippen LogP) is 4.00. The molecule has 0 atom stereocenters. The summed E-state index contributed by atoms with van der Waals surface area (Å²) in [4.78, 5) is 9.55. The fraction of sp³-hybridized carbons (Fsp3) is 0.286. The third kappa shape index (κ3) is 4.53. The lowest BCUT2D eigenvalue weighted by molar-refractivity contribution is 0.775. The van der Waals surface area contributed by atoms with Gasteiger partial charge in [-0.15, -0.1) is 0 Å². The molecule has 0 fully saturated rings. The SMILES string of the molecule is C.c1ccc2c(c1)NCCN2.c1ccc2c(c1)NCCN2Cc1cnc[nH]1. The molecule has 2 aliphatic heterocycles. The third-order valence-electron chi connectivity index (χ3n) is 4.54. The van der Waals surface area contributed by atoms with Crippen LogP contribution in [0.3, 0.4) is 0 Å². The van der Waals surface area contributed by atoms with Crippen LogP contribution in [-0.2, 0) is 6.54 Å². The van der Waals surface area contributed by atoms with E-state index in [9.17, 15) is 0 Å².